The molecule has 3 aromatic rings. The summed E-state index contributed by atoms with van der Waals surface area (Å²) >= 11 is 0. The number of hydrogen-bond acceptors (Lipinski definition) is 3. The molecule has 1 aromatic heterocycles. The van der Waals surface area contributed by atoms with Crippen molar-refractivity contribution in [2.45, 2.75) is 26.2 Å². The number of nitrogens with one attached hydrogen (secondary N) is 1. The van der Waals surface area contributed by atoms with E-state index in [0.29, 0.717) is 37.6 Å². The number of aryl methyl sites for hydroxylation is 1. The van der Waals surface area contributed by atoms with Crippen LogP contribution < -0.4 is 5.32 Å². The molecule has 0 fully saturated rings. The number of aromatic nitrogens is 2. The lowest BCUT2D eigenvalue weighted by molar-refractivity contribution is -0.116. The highest BCUT2D eigenvalue weighted by Crippen LogP contribution is 2.18. The Morgan fingerprint density at radius 3 is 2.61 bits per heavy atom. The van der Waals surface area contributed by atoms with Crippen LogP contribution in [-0.4, -0.2) is 28.9 Å². The van der Waals surface area contributed by atoms with Crippen molar-refractivity contribution >= 4 is 11.7 Å². The molecule has 5 nitrogen and oxygen atoms in total. The van der Waals surface area contributed by atoms with E-state index in [1.807, 2.05) is 25.1 Å². The maximum absolute atomic E-state index is 13.1. The predicted octanol–water partition coefficient (Wildman–Crippen LogP) is 4.30. The van der Waals surface area contributed by atoms with Crippen LogP contribution in [0.2, 0.25) is 0 Å². The Labute approximate surface area is 164 Å². The maximum atomic E-state index is 13.1. The van der Waals surface area contributed by atoms with Gasteiger partial charge in [-0.2, -0.15) is 5.10 Å². The number of anilines is 1. The van der Waals surface area contributed by atoms with E-state index in [1.54, 1.807) is 22.9 Å². The van der Waals surface area contributed by atoms with Crippen LogP contribution in [0.4, 0.5) is 10.2 Å². The topological polar surface area (TPSA) is 56.1 Å². The van der Waals surface area contributed by atoms with Crippen LogP contribution in [0.1, 0.15) is 24.1 Å². The van der Waals surface area contributed by atoms with Gasteiger partial charge in [0.25, 0.3) is 0 Å². The van der Waals surface area contributed by atoms with Gasteiger partial charge in [0.2, 0.25) is 5.91 Å². The lowest BCUT2D eigenvalue weighted by Crippen LogP contribution is -2.15. The highest BCUT2D eigenvalue weighted by molar-refractivity contribution is 5.90. The minimum absolute atomic E-state index is 0.102. The predicted molar refractivity (Wildman–Crippen MR) is 107 cm³/mol. The fourth-order valence-electron chi connectivity index (χ4n) is 2.84. The molecule has 0 atom stereocenters. The Morgan fingerprint density at radius 2 is 1.86 bits per heavy atom. The molecule has 3 rings (SSSR count). The van der Waals surface area contributed by atoms with E-state index in [0.717, 1.165) is 12.1 Å². The van der Waals surface area contributed by atoms with Crippen LogP contribution in [0.15, 0.2) is 60.7 Å². The van der Waals surface area contributed by atoms with Gasteiger partial charge in [-0.05, 0) is 49.6 Å². The normalized spacial score (nSPS) is 10.8. The maximum Gasteiger partial charge on any atom is 0.225 e. The van der Waals surface area contributed by atoms with Gasteiger partial charge in [-0.25, -0.2) is 9.07 Å². The van der Waals surface area contributed by atoms with E-state index in [-0.39, 0.29) is 11.7 Å². The Hall–Kier alpha value is -2.99. The summed E-state index contributed by atoms with van der Waals surface area (Å²) in [7, 11) is 0. The molecule has 0 saturated heterocycles. The molecule has 0 unspecified atom stereocenters. The molecule has 0 bridgehead atoms. The zero-order chi connectivity index (χ0) is 19.8. The number of halogens is 1. The fraction of sp³-hybridized carbons (Fsp3) is 0.273. The Balaban J connectivity index is 1.43. The first kappa shape index (κ1) is 19.8. The first-order chi connectivity index (χ1) is 13.6. The molecule has 1 heterocycles. The Bertz CT molecular complexity index is 892. The number of carbonyl (C=O) groups is 1. The second kappa shape index (κ2) is 9.80. The van der Waals surface area contributed by atoms with Crippen LogP contribution in [0.5, 0.6) is 0 Å². The summed E-state index contributed by atoms with van der Waals surface area (Å²) in [5.74, 6) is 0.152. The summed E-state index contributed by atoms with van der Waals surface area (Å²) in [5.41, 5.74) is 2.70. The van der Waals surface area contributed by atoms with E-state index in [9.17, 15) is 9.18 Å². The van der Waals surface area contributed by atoms with Gasteiger partial charge < -0.3 is 10.1 Å². The molecule has 0 spiro atoms. The van der Waals surface area contributed by atoms with Crippen molar-refractivity contribution in [1.82, 2.24) is 9.78 Å². The van der Waals surface area contributed by atoms with Crippen molar-refractivity contribution in [1.29, 1.82) is 0 Å². The molecule has 0 saturated carbocycles. The first-order valence-corrected chi connectivity index (χ1v) is 9.36. The number of nitrogens with zero attached hydrogens (tertiary/aromatic N) is 2. The van der Waals surface area contributed by atoms with Crippen molar-refractivity contribution in [3.05, 3.63) is 77.7 Å². The van der Waals surface area contributed by atoms with Gasteiger partial charge in [-0.15, -0.1) is 0 Å². The molecule has 0 aliphatic rings. The zero-order valence-corrected chi connectivity index (χ0v) is 15.9. The summed E-state index contributed by atoms with van der Waals surface area (Å²) in [4.78, 5) is 12.2. The average molecular weight is 381 g/mol. The molecule has 0 radical (unpaired) electrons. The molecule has 28 heavy (non-hydrogen) atoms. The smallest absolute Gasteiger partial charge is 0.225 e. The molecule has 0 aliphatic carbocycles. The highest BCUT2D eigenvalue weighted by atomic mass is 19.1. The SMILES string of the molecule is Cc1cc(NC(=O)CCCOCCc2ccccc2)n(-c2ccc(F)cc2)n1. The first-order valence-electron chi connectivity index (χ1n) is 9.36. The van der Waals surface area contributed by atoms with E-state index >= 15 is 0 Å². The number of ether oxygens (including phenoxy) is 1. The van der Waals surface area contributed by atoms with Crippen molar-refractivity contribution in [2.75, 3.05) is 18.5 Å². The van der Waals surface area contributed by atoms with E-state index in [1.165, 1.54) is 17.7 Å². The summed E-state index contributed by atoms with van der Waals surface area (Å²) < 4.78 is 20.3. The molecular formula is C22H24FN3O2. The highest BCUT2D eigenvalue weighted by Gasteiger charge is 2.11. The second-order valence-corrected chi connectivity index (χ2v) is 6.56. The lowest BCUT2D eigenvalue weighted by Gasteiger charge is -2.09. The van der Waals surface area contributed by atoms with Gasteiger partial charge in [-0.1, -0.05) is 30.3 Å². The minimum atomic E-state index is -0.314. The third-order valence-electron chi connectivity index (χ3n) is 4.24. The van der Waals surface area contributed by atoms with Gasteiger partial charge in [-0.3, -0.25) is 4.79 Å². The van der Waals surface area contributed by atoms with Crippen LogP contribution in [0.3, 0.4) is 0 Å². The largest absolute Gasteiger partial charge is 0.381 e. The van der Waals surface area contributed by atoms with Gasteiger partial charge in [0, 0.05) is 19.1 Å². The summed E-state index contributed by atoms with van der Waals surface area (Å²) in [5, 5.41) is 7.24. The van der Waals surface area contributed by atoms with E-state index < -0.39 is 0 Å². The van der Waals surface area contributed by atoms with Gasteiger partial charge in [0.15, 0.2) is 0 Å². The van der Waals surface area contributed by atoms with Crippen LogP contribution >= 0.6 is 0 Å². The molecule has 0 aliphatic heterocycles. The molecular weight excluding hydrogens is 357 g/mol. The summed E-state index contributed by atoms with van der Waals surface area (Å²) in [6.45, 7) is 3.02. The minimum Gasteiger partial charge on any atom is -0.381 e. The standard InChI is InChI=1S/C22H24FN3O2/c1-17-16-21(26(25-17)20-11-9-19(23)10-12-20)24-22(27)8-5-14-28-15-13-18-6-3-2-4-7-18/h2-4,6-7,9-12,16H,5,8,13-15H2,1H3,(H,24,27). The molecule has 1 N–H and O–H groups in total. The zero-order valence-electron chi connectivity index (χ0n) is 15.9. The second-order valence-electron chi connectivity index (χ2n) is 6.56. The quantitative estimate of drug-likeness (QED) is 0.562. The van der Waals surface area contributed by atoms with Crippen LogP contribution in [0.25, 0.3) is 5.69 Å². The van der Waals surface area contributed by atoms with Crippen molar-refractivity contribution in [2.24, 2.45) is 0 Å². The molecule has 1 amide bonds. The Kier molecular flexibility index (Phi) is 6.92. The van der Waals surface area contributed by atoms with E-state index in [4.69, 9.17) is 4.74 Å². The van der Waals surface area contributed by atoms with Crippen molar-refractivity contribution < 1.29 is 13.9 Å². The number of rotatable bonds is 9. The number of carbonyl (C=O) groups excluding carboxylic acids is 1. The van der Waals surface area contributed by atoms with E-state index in [2.05, 4.69) is 22.5 Å². The fourth-order valence-corrected chi connectivity index (χ4v) is 2.84. The van der Waals surface area contributed by atoms with Crippen molar-refractivity contribution in [3.8, 4) is 5.69 Å². The number of benzene rings is 2. The van der Waals surface area contributed by atoms with Gasteiger partial charge in [0.05, 0.1) is 18.0 Å². The van der Waals surface area contributed by atoms with Gasteiger partial charge in [0.1, 0.15) is 11.6 Å². The summed E-state index contributed by atoms with van der Waals surface area (Å²) in [6, 6.07) is 17.9. The average Bonchev–Trinajstić information content (AvgIpc) is 3.06. The molecule has 146 valence electrons. The number of amides is 1. The number of hydrogen-bond donors (Lipinski definition) is 1. The monoisotopic (exact) mass is 381 g/mol. The lowest BCUT2D eigenvalue weighted by atomic mass is 10.2. The Morgan fingerprint density at radius 1 is 1.11 bits per heavy atom. The van der Waals surface area contributed by atoms with Crippen molar-refractivity contribution in [3.63, 3.8) is 0 Å². The van der Waals surface area contributed by atoms with Gasteiger partial charge >= 0.3 is 0 Å². The third kappa shape index (κ3) is 5.76. The van der Waals surface area contributed by atoms with Crippen LogP contribution in [-0.2, 0) is 16.0 Å². The van der Waals surface area contributed by atoms with Crippen LogP contribution in [0, 0.1) is 12.7 Å². The molecule has 6 heteroatoms. The third-order valence-corrected chi connectivity index (χ3v) is 4.24. The summed E-state index contributed by atoms with van der Waals surface area (Å²) in [6.07, 6.45) is 1.87. The molecule has 2 aromatic carbocycles.